The molecule has 2 aromatic heterocycles. The molecule has 7 nitrogen and oxygen atoms in total. The molecule has 2 aromatic rings. The van der Waals surface area contributed by atoms with E-state index in [4.69, 9.17) is 14.8 Å². The van der Waals surface area contributed by atoms with Crippen molar-refractivity contribution < 1.29 is 9.53 Å². The molecule has 1 saturated carbocycles. The summed E-state index contributed by atoms with van der Waals surface area (Å²) in [6.07, 6.45) is 2.30. The SMILES string of the molecule is Cc1nn(C(C)(C)C)c2nc(C3CC3)cc(C(=O)NC(C)CN3CCOCC3)c12. The number of aryl methyl sites for hydroxylation is 1. The number of aromatic nitrogens is 3. The Morgan fingerprint density at radius 1 is 1.31 bits per heavy atom. The van der Waals surface area contributed by atoms with Gasteiger partial charge in [0.15, 0.2) is 5.65 Å². The van der Waals surface area contributed by atoms with Crippen LogP contribution in [0.2, 0.25) is 0 Å². The van der Waals surface area contributed by atoms with E-state index in [1.165, 1.54) is 0 Å². The van der Waals surface area contributed by atoms with Crippen LogP contribution in [0.15, 0.2) is 6.07 Å². The van der Waals surface area contributed by atoms with Crippen LogP contribution >= 0.6 is 0 Å². The lowest BCUT2D eigenvalue weighted by Gasteiger charge is -2.29. The summed E-state index contributed by atoms with van der Waals surface area (Å²) in [4.78, 5) is 20.6. The zero-order valence-electron chi connectivity index (χ0n) is 18.3. The largest absolute Gasteiger partial charge is 0.379 e. The highest BCUT2D eigenvalue weighted by atomic mass is 16.5. The van der Waals surface area contributed by atoms with Crippen LogP contribution in [0.5, 0.6) is 0 Å². The van der Waals surface area contributed by atoms with E-state index >= 15 is 0 Å². The van der Waals surface area contributed by atoms with Crippen molar-refractivity contribution in [3.8, 4) is 0 Å². The Kier molecular flexibility index (Phi) is 5.38. The molecule has 1 atom stereocenters. The van der Waals surface area contributed by atoms with Gasteiger partial charge in [0.05, 0.1) is 35.4 Å². The molecule has 7 heteroatoms. The average molecular weight is 400 g/mol. The van der Waals surface area contributed by atoms with Gasteiger partial charge < -0.3 is 10.1 Å². The maximum Gasteiger partial charge on any atom is 0.252 e. The van der Waals surface area contributed by atoms with Gasteiger partial charge in [-0.2, -0.15) is 5.10 Å². The molecule has 1 aliphatic heterocycles. The first-order valence-corrected chi connectivity index (χ1v) is 10.8. The molecule has 0 aromatic carbocycles. The van der Waals surface area contributed by atoms with Crippen molar-refractivity contribution in [1.29, 1.82) is 0 Å². The Balaban J connectivity index is 1.64. The van der Waals surface area contributed by atoms with Crippen LogP contribution in [0, 0.1) is 6.92 Å². The fourth-order valence-corrected chi connectivity index (χ4v) is 4.06. The highest BCUT2D eigenvalue weighted by Crippen LogP contribution is 2.41. The molecule has 0 spiro atoms. The van der Waals surface area contributed by atoms with Gasteiger partial charge in [0.2, 0.25) is 0 Å². The highest BCUT2D eigenvalue weighted by molar-refractivity contribution is 6.06. The molecule has 0 bridgehead atoms. The van der Waals surface area contributed by atoms with Gasteiger partial charge in [-0.1, -0.05) is 0 Å². The summed E-state index contributed by atoms with van der Waals surface area (Å²) in [5, 5.41) is 8.84. The first-order chi connectivity index (χ1) is 13.7. The second-order valence-corrected chi connectivity index (χ2v) is 9.52. The van der Waals surface area contributed by atoms with Crippen molar-refractivity contribution in [3.05, 3.63) is 23.0 Å². The topological polar surface area (TPSA) is 72.3 Å². The lowest BCUT2D eigenvalue weighted by molar-refractivity contribution is 0.0342. The summed E-state index contributed by atoms with van der Waals surface area (Å²) >= 11 is 0. The molecule has 1 saturated heterocycles. The van der Waals surface area contributed by atoms with E-state index in [2.05, 4.69) is 37.9 Å². The van der Waals surface area contributed by atoms with Gasteiger partial charge in [-0.25, -0.2) is 9.67 Å². The summed E-state index contributed by atoms with van der Waals surface area (Å²) in [7, 11) is 0. The number of fused-ring (bicyclic) bond motifs is 1. The molecule has 1 aliphatic carbocycles. The van der Waals surface area contributed by atoms with Crippen LogP contribution in [-0.4, -0.2) is 64.5 Å². The lowest BCUT2D eigenvalue weighted by atomic mass is 10.1. The minimum atomic E-state index is -0.195. The fourth-order valence-electron chi connectivity index (χ4n) is 4.06. The first-order valence-electron chi connectivity index (χ1n) is 10.8. The minimum absolute atomic E-state index is 0.0309. The van der Waals surface area contributed by atoms with E-state index < -0.39 is 0 Å². The minimum Gasteiger partial charge on any atom is -0.379 e. The molecule has 0 radical (unpaired) electrons. The van der Waals surface area contributed by atoms with Crippen LogP contribution in [0.25, 0.3) is 11.0 Å². The number of carbonyl (C=O) groups is 1. The van der Waals surface area contributed by atoms with Crippen molar-refractivity contribution >= 4 is 16.9 Å². The van der Waals surface area contributed by atoms with E-state index in [1.54, 1.807) is 0 Å². The molecule has 3 heterocycles. The number of carbonyl (C=O) groups excluding carboxylic acids is 1. The van der Waals surface area contributed by atoms with Crippen LogP contribution in [0.3, 0.4) is 0 Å². The molecule has 1 unspecified atom stereocenters. The monoisotopic (exact) mass is 399 g/mol. The number of nitrogens with one attached hydrogen (secondary N) is 1. The Morgan fingerprint density at radius 2 is 2.00 bits per heavy atom. The van der Waals surface area contributed by atoms with E-state index in [0.29, 0.717) is 11.5 Å². The zero-order valence-corrected chi connectivity index (χ0v) is 18.3. The Bertz CT molecular complexity index is 904. The third-order valence-electron chi connectivity index (χ3n) is 5.72. The second kappa shape index (κ2) is 7.69. The molecular formula is C22H33N5O2. The maximum atomic E-state index is 13.3. The molecule has 29 heavy (non-hydrogen) atoms. The number of morpholine rings is 1. The normalized spacial score (nSPS) is 19.5. The van der Waals surface area contributed by atoms with Gasteiger partial charge >= 0.3 is 0 Å². The summed E-state index contributed by atoms with van der Waals surface area (Å²) < 4.78 is 7.39. The molecule has 1 N–H and O–H groups in total. The summed E-state index contributed by atoms with van der Waals surface area (Å²) in [6, 6.07) is 2.06. The summed E-state index contributed by atoms with van der Waals surface area (Å²) in [5.74, 6) is 0.442. The van der Waals surface area contributed by atoms with Gasteiger partial charge in [-0.05, 0) is 53.5 Å². The first kappa shape index (κ1) is 20.3. The molecule has 1 amide bonds. The van der Waals surface area contributed by atoms with Crippen LogP contribution in [0.4, 0.5) is 0 Å². The number of pyridine rings is 1. The zero-order chi connectivity index (χ0) is 20.8. The lowest BCUT2D eigenvalue weighted by Crippen LogP contribution is -2.46. The third kappa shape index (κ3) is 4.31. The van der Waals surface area contributed by atoms with Crippen molar-refractivity contribution in [2.45, 2.75) is 65.0 Å². The Morgan fingerprint density at radius 3 is 2.62 bits per heavy atom. The number of ether oxygens (including phenoxy) is 1. The maximum absolute atomic E-state index is 13.3. The standard InChI is InChI=1S/C22H33N5O2/c1-14(13-26-8-10-29-11-9-26)23-21(28)17-12-18(16-6-7-16)24-20-19(17)15(2)25-27(20)22(3,4)5/h12,14,16H,6-11,13H2,1-5H3,(H,23,28). The fraction of sp³-hybridized carbons (Fsp3) is 0.682. The van der Waals surface area contributed by atoms with E-state index in [1.807, 2.05) is 17.7 Å². The van der Waals surface area contributed by atoms with Gasteiger partial charge in [0, 0.05) is 37.3 Å². The molecular weight excluding hydrogens is 366 g/mol. The predicted octanol–water partition coefficient (Wildman–Crippen LogP) is 2.82. The second-order valence-electron chi connectivity index (χ2n) is 9.52. The molecule has 2 fully saturated rings. The predicted molar refractivity (Wildman–Crippen MR) is 113 cm³/mol. The number of hydrogen-bond acceptors (Lipinski definition) is 5. The van der Waals surface area contributed by atoms with Crippen molar-refractivity contribution in [2.75, 3.05) is 32.8 Å². The number of hydrogen-bond donors (Lipinski definition) is 1. The van der Waals surface area contributed by atoms with Gasteiger partial charge in [0.25, 0.3) is 5.91 Å². The quantitative estimate of drug-likeness (QED) is 0.837. The number of amides is 1. The van der Waals surface area contributed by atoms with E-state index in [9.17, 15) is 4.79 Å². The van der Waals surface area contributed by atoms with Crippen molar-refractivity contribution in [1.82, 2.24) is 25.0 Å². The van der Waals surface area contributed by atoms with Crippen molar-refractivity contribution in [2.24, 2.45) is 0 Å². The van der Waals surface area contributed by atoms with E-state index in [-0.39, 0.29) is 17.5 Å². The van der Waals surface area contributed by atoms with Crippen molar-refractivity contribution in [3.63, 3.8) is 0 Å². The van der Waals surface area contributed by atoms with E-state index in [0.717, 1.165) is 68.1 Å². The molecule has 4 rings (SSSR count). The molecule has 158 valence electrons. The Labute approximate surface area is 172 Å². The smallest absolute Gasteiger partial charge is 0.252 e. The van der Waals surface area contributed by atoms with Gasteiger partial charge in [-0.15, -0.1) is 0 Å². The number of rotatable bonds is 5. The van der Waals surface area contributed by atoms with Crippen LogP contribution in [0.1, 0.15) is 68.2 Å². The van der Waals surface area contributed by atoms with Crippen LogP contribution in [-0.2, 0) is 10.3 Å². The summed E-state index contributed by atoms with van der Waals surface area (Å²) in [5.41, 5.74) is 3.22. The van der Waals surface area contributed by atoms with Gasteiger partial charge in [0.1, 0.15) is 0 Å². The Hall–Kier alpha value is -1.99. The number of nitrogens with zero attached hydrogens (tertiary/aromatic N) is 4. The van der Waals surface area contributed by atoms with Crippen LogP contribution < -0.4 is 5.32 Å². The van der Waals surface area contributed by atoms with Gasteiger partial charge in [-0.3, -0.25) is 9.69 Å². The highest BCUT2D eigenvalue weighted by Gasteiger charge is 2.30. The summed E-state index contributed by atoms with van der Waals surface area (Å²) in [6.45, 7) is 14.6. The third-order valence-corrected chi connectivity index (χ3v) is 5.72. The molecule has 2 aliphatic rings. The average Bonchev–Trinajstić information content (AvgIpc) is 3.45.